The summed E-state index contributed by atoms with van der Waals surface area (Å²) < 4.78 is 11.0. The molecular formula is C21H22ClN3O2S2. The van der Waals surface area contributed by atoms with Gasteiger partial charge >= 0.3 is 0 Å². The zero-order valence-corrected chi connectivity index (χ0v) is 19.1. The molecule has 4 rings (SSSR count). The number of benzene rings is 1. The quantitative estimate of drug-likeness (QED) is 0.478. The molecule has 5 nitrogen and oxygen atoms in total. The lowest BCUT2D eigenvalue weighted by Crippen LogP contribution is -3.00. The standard InChI is InChI=1S/C21H22N3O2S2.ClH/c1-5-24-18(12-14-8-6-7-11-22(14)2)28-19(20(24)25)21-23(3)16-13-15(26-4)9-10-17(16)27-21;/h6-13H,5H2,1-4H3;1H/q+1;/p-1/b21-19+;. The third-order valence-electron chi connectivity index (χ3n) is 4.83. The van der Waals surface area contributed by atoms with Gasteiger partial charge in [0.05, 0.1) is 12.8 Å². The van der Waals surface area contributed by atoms with Gasteiger partial charge < -0.3 is 22.0 Å². The van der Waals surface area contributed by atoms with Crippen molar-refractivity contribution in [1.82, 2.24) is 4.57 Å². The Bertz CT molecular complexity index is 1230. The minimum absolute atomic E-state index is 0. The number of nitrogens with zero attached hydrogens (tertiary/aromatic N) is 3. The van der Waals surface area contributed by atoms with Crippen molar-refractivity contribution in [2.24, 2.45) is 7.05 Å². The van der Waals surface area contributed by atoms with E-state index < -0.39 is 0 Å². The zero-order valence-electron chi connectivity index (χ0n) is 16.7. The van der Waals surface area contributed by atoms with E-state index in [0.29, 0.717) is 6.54 Å². The first kappa shape index (κ1) is 21.5. The van der Waals surface area contributed by atoms with Crippen molar-refractivity contribution in [3.8, 4) is 5.75 Å². The van der Waals surface area contributed by atoms with Gasteiger partial charge in [0.2, 0.25) is 5.69 Å². The normalized spacial score (nSPS) is 15.3. The maximum absolute atomic E-state index is 13.2. The highest BCUT2D eigenvalue weighted by atomic mass is 35.5. The van der Waals surface area contributed by atoms with Crippen molar-refractivity contribution in [3.05, 3.63) is 67.8 Å². The van der Waals surface area contributed by atoms with Crippen molar-refractivity contribution in [2.45, 2.75) is 18.4 Å². The number of halogens is 1. The highest BCUT2D eigenvalue weighted by molar-refractivity contribution is 8.08. The maximum Gasteiger partial charge on any atom is 0.271 e. The van der Waals surface area contributed by atoms with Crippen molar-refractivity contribution >= 4 is 39.9 Å². The molecule has 1 aliphatic heterocycles. The van der Waals surface area contributed by atoms with E-state index in [0.717, 1.165) is 36.3 Å². The van der Waals surface area contributed by atoms with Crippen LogP contribution in [0.5, 0.6) is 5.75 Å². The maximum atomic E-state index is 13.2. The SMILES string of the molecule is CCn1c(=O)/c(=C2\Sc3ccc(OC)cc3N2C)s/c1=C\c1cccc[n+]1C.[Cl-]. The largest absolute Gasteiger partial charge is 1.00 e. The van der Waals surface area contributed by atoms with Crippen LogP contribution in [0.25, 0.3) is 11.1 Å². The number of methoxy groups -OCH3 is 1. The Morgan fingerprint density at radius 2 is 2.03 bits per heavy atom. The number of aryl methyl sites for hydroxylation is 1. The van der Waals surface area contributed by atoms with Crippen molar-refractivity contribution in [3.63, 3.8) is 0 Å². The molecule has 8 heteroatoms. The minimum Gasteiger partial charge on any atom is -1.00 e. The number of hydrogen-bond acceptors (Lipinski definition) is 5. The van der Waals surface area contributed by atoms with Crippen LogP contribution in [-0.4, -0.2) is 18.7 Å². The molecule has 1 aromatic carbocycles. The molecule has 3 aromatic rings. The molecule has 0 radical (unpaired) electrons. The van der Waals surface area contributed by atoms with Crippen LogP contribution in [0, 0.1) is 0 Å². The lowest BCUT2D eigenvalue weighted by atomic mass is 10.3. The summed E-state index contributed by atoms with van der Waals surface area (Å²) in [5.41, 5.74) is 2.18. The molecule has 3 heterocycles. The van der Waals surface area contributed by atoms with Gasteiger partial charge in [-0.2, -0.15) is 0 Å². The van der Waals surface area contributed by atoms with Crippen molar-refractivity contribution < 1.29 is 21.7 Å². The Balaban J connectivity index is 0.00000240. The van der Waals surface area contributed by atoms with Gasteiger partial charge in [0.25, 0.3) is 5.56 Å². The Kier molecular flexibility index (Phi) is 6.41. The second kappa shape index (κ2) is 8.65. The number of rotatable bonds is 3. The predicted molar refractivity (Wildman–Crippen MR) is 115 cm³/mol. The highest BCUT2D eigenvalue weighted by Gasteiger charge is 2.25. The minimum atomic E-state index is 0. The molecule has 0 bridgehead atoms. The fourth-order valence-corrected chi connectivity index (χ4v) is 5.68. The lowest BCUT2D eigenvalue weighted by molar-refractivity contribution is -0.673. The summed E-state index contributed by atoms with van der Waals surface area (Å²) in [7, 11) is 5.68. The van der Waals surface area contributed by atoms with E-state index in [1.54, 1.807) is 30.2 Å². The summed E-state index contributed by atoms with van der Waals surface area (Å²) in [6.07, 6.45) is 4.09. The van der Waals surface area contributed by atoms with Crippen LogP contribution >= 0.6 is 23.1 Å². The molecule has 0 N–H and O–H groups in total. The van der Waals surface area contributed by atoms with E-state index in [4.69, 9.17) is 4.74 Å². The van der Waals surface area contributed by atoms with E-state index in [1.165, 1.54) is 0 Å². The van der Waals surface area contributed by atoms with E-state index in [1.807, 2.05) is 62.1 Å². The van der Waals surface area contributed by atoms with E-state index in [2.05, 4.69) is 21.6 Å². The van der Waals surface area contributed by atoms with Gasteiger partial charge in [0.1, 0.15) is 27.0 Å². The van der Waals surface area contributed by atoms with Gasteiger partial charge in [0, 0.05) is 42.8 Å². The molecule has 0 aliphatic carbocycles. The van der Waals surface area contributed by atoms with Crippen LogP contribution in [0.4, 0.5) is 5.69 Å². The third kappa shape index (κ3) is 3.82. The summed E-state index contributed by atoms with van der Waals surface area (Å²) in [5.74, 6) is 0.815. The monoisotopic (exact) mass is 447 g/mol. The number of pyridine rings is 1. The number of anilines is 1. The first-order valence-corrected chi connectivity index (χ1v) is 10.7. The second-order valence-electron chi connectivity index (χ2n) is 6.50. The van der Waals surface area contributed by atoms with Crippen LogP contribution < -0.4 is 41.4 Å². The van der Waals surface area contributed by atoms with Gasteiger partial charge in [-0.25, -0.2) is 4.57 Å². The van der Waals surface area contributed by atoms with E-state index in [9.17, 15) is 4.79 Å². The molecule has 0 fully saturated rings. The highest BCUT2D eigenvalue weighted by Crippen LogP contribution is 2.46. The average Bonchev–Trinajstić information content (AvgIpc) is 3.19. The van der Waals surface area contributed by atoms with Crippen LogP contribution in [0.15, 0.2) is 52.3 Å². The molecule has 0 unspecified atom stereocenters. The number of ether oxygens (including phenoxy) is 1. The smallest absolute Gasteiger partial charge is 0.271 e. The predicted octanol–water partition coefficient (Wildman–Crippen LogP) is -1.10. The summed E-state index contributed by atoms with van der Waals surface area (Å²) in [5, 5.41) is 0.970. The molecule has 0 amide bonds. The molecule has 1 aliphatic rings. The molecular weight excluding hydrogens is 426 g/mol. The van der Waals surface area contributed by atoms with E-state index in [-0.39, 0.29) is 18.0 Å². The summed E-state index contributed by atoms with van der Waals surface area (Å²) in [6.45, 7) is 2.65. The molecule has 2 aromatic heterocycles. The fourth-order valence-electron chi connectivity index (χ4n) is 3.23. The molecule has 0 saturated carbocycles. The van der Waals surface area contributed by atoms with Gasteiger partial charge in [-0.1, -0.05) is 11.8 Å². The number of aromatic nitrogens is 2. The Morgan fingerprint density at radius 1 is 1.24 bits per heavy atom. The van der Waals surface area contributed by atoms with E-state index >= 15 is 0 Å². The summed E-state index contributed by atoms with van der Waals surface area (Å²) >= 11 is 3.18. The van der Waals surface area contributed by atoms with Crippen LogP contribution in [0.1, 0.15) is 12.6 Å². The van der Waals surface area contributed by atoms with Crippen LogP contribution in [0.2, 0.25) is 0 Å². The number of fused-ring (bicyclic) bond motifs is 1. The first-order chi connectivity index (χ1) is 13.5. The van der Waals surface area contributed by atoms with Crippen LogP contribution in [0.3, 0.4) is 0 Å². The van der Waals surface area contributed by atoms with Crippen molar-refractivity contribution in [1.29, 1.82) is 0 Å². The van der Waals surface area contributed by atoms with Gasteiger partial charge in [-0.3, -0.25) is 9.36 Å². The lowest BCUT2D eigenvalue weighted by Gasteiger charge is -2.13. The Labute approximate surface area is 184 Å². The fraction of sp³-hybridized carbons (Fsp3) is 0.238. The van der Waals surface area contributed by atoms with Gasteiger partial charge in [-0.15, -0.1) is 11.3 Å². The van der Waals surface area contributed by atoms with Gasteiger partial charge in [0.15, 0.2) is 6.20 Å². The number of hydrogen-bond donors (Lipinski definition) is 0. The Morgan fingerprint density at radius 3 is 2.72 bits per heavy atom. The molecule has 152 valence electrons. The number of thiazole rings is 1. The second-order valence-corrected chi connectivity index (χ2v) is 8.56. The van der Waals surface area contributed by atoms with Crippen molar-refractivity contribution in [2.75, 3.05) is 19.1 Å². The Hall–Kier alpha value is -2.22. The molecule has 0 atom stereocenters. The molecule has 29 heavy (non-hydrogen) atoms. The van der Waals surface area contributed by atoms with Crippen LogP contribution in [-0.2, 0) is 13.6 Å². The third-order valence-corrected chi connectivity index (χ3v) is 7.31. The summed E-state index contributed by atoms with van der Waals surface area (Å²) in [4.78, 5) is 16.4. The zero-order chi connectivity index (χ0) is 19.8. The topological polar surface area (TPSA) is 38.4 Å². The molecule has 0 saturated heterocycles. The average molecular weight is 448 g/mol. The first-order valence-electron chi connectivity index (χ1n) is 9.03. The number of thioether (sulfide) groups is 1. The summed E-state index contributed by atoms with van der Waals surface area (Å²) in [6, 6.07) is 12.1. The molecule has 0 spiro atoms. The van der Waals surface area contributed by atoms with Gasteiger partial charge in [-0.05, 0) is 25.1 Å².